The molecule has 0 spiro atoms. The van der Waals surface area contributed by atoms with Crippen molar-refractivity contribution in [2.45, 2.75) is 70.7 Å². The average Bonchev–Trinajstić information content (AvgIpc) is 2.25. The summed E-state index contributed by atoms with van der Waals surface area (Å²) in [5.41, 5.74) is -0.857. The predicted molar refractivity (Wildman–Crippen MR) is 68.9 cm³/mol. The van der Waals surface area contributed by atoms with Crippen LogP contribution in [0.15, 0.2) is 0 Å². The van der Waals surface area contributed by atoms with E-state index in [9.17, 15) is 15.3 Å². The first kappa shape index (κ1) is 12.9. The van der Waals surface area contributed by atoms with Crippen LogP contribution in [0.1, 0.15) is 52.9 Å². The maximum atomic E-state index is 11.0. The van der Waals surface area contributed by atoms with Crippen LogP contribution >= 0.6 is 0 Å². The number of fused-ring (bicyclic) bond motifs is 4. The summed E-state index contributed by atoms with van der Waals surface area (Å²) in [6.07, 6.45) is 2.86. The van der Waals surface area contributed by atoms with Crippen molar-refractivity contribution in [3.63, 3.8) is 0 Å². The second-order valence-electron chi connectivity index (χ2n) is 8.09. The minimum Gasteiger partial charge on any atom is -0.393 e. The summed E-state index contributed by atoms with van der Waals surface area (Å²) in [5.74, 6) is 0.409. The maximum Gasteiger partial charge on any atom is 0.0687 e. The molecular weight excluding hydrogens is 228 g/mol. The smallest absolute Gasteiger partial charge is 0.0687 e. The van der Waals surface area contributed by atoms with Gasteiger partial charge in [-0.15, -0.1) is 0 Å². The summed E-state index contributed by atoms with van der Waals surface area (Å²) in [6.45, 7) is 6.41. The van der Waals surface area contributed by atoms with Crippen molar-refractivity contribution in [2.75, 3.05) is 0 Å². The zero-order valence-electron chi connectivity index (χ0n) is 11.7. The van der Waals surface area contributed by atoms with Gasteiger partial charge in [-0.25, -0.2) is 0 Å². The molecule has 3 N–H and O–H groups in total. The molecule has 0 aromatic heterocycles. The van der Waals surface area contributed by atoms with Gasteiger partial charge in [0.15, 0.2) is 0 Å². The van der Waals surface area contributed by atoms with Gasteiger partial charge in [-0.1, -0.05) is 20.8 Å². The highest BCUT2D eigenvalue weighted by molar-refractivity contribution is 5.14. The van der Waals surface area contributed by atoms with Gasteiger partial charge in [0.2, 0.25) is 0 Å². The first-order chi connectivity index (χ1) is 8.18. The summed E-state index contributed by atoms with van der Waals surface area (Å²) >= 11 is 0. The highest BCUT2D eigenvalue weighted by Gasteiger charge is 2.64. The molecule has 104 valence electrons. The van der Waals surface area contributed by atoms with Crippen molar-refractivity contribution in [3.05, 3.63) is 0 Å². The van der Waals surface area contributed by atoms with Crippen LogP contribution in [0.25, 0.3) is 0 Å². The molecule has 3 heteroatoms. The molecule has 3 aliphatic carbocycles. The molecule has 18 heavy (non-hydrogen) atoms. The van der Waals surface area contributed by atoms with Gasteiger partial charge in [0, 0.05) is 0 Å². The van der Waals surface area contributed by atoms with Gasteiger partial charge < -0.3 is 15.3 Å². The van der Waals surface area contributed by atoms with Crippen LogP contribution in [0.4, 0.5) is 0 Å². The minimum absolute atomic E-state index is 0.124. The van der Waals surface area contributed by atoms with Gasteiger partial charge >= 0.3 is 0 Å². The van der Waals surface area contributed by atoms with E-state index in [0.29, 0.717) is 25.7 Å². The SMILES string of the molecule is CC1(C)C[C@H]2[C@H]1[C@@H](O)C[C@@]1(C)C[C@]2(O)CC[C@@H]1O. The Morgan fingerprint density at radius 2 is 1.72 bits per heavy atom. The van der Waals surface area contributed by atoms with Crippen molar-refractivity contribution in [3.8, 4) is 0 Å². The van der Waals surface area contributed by atoms with Crippen LogP contribution in [0, 0.1) is 22.7 Å². The predicted octanol–water partition coefficient (Wildman–Crippen LogP) is 1.70. The van der Waals surface area contributed by atoms with Crippen LogP contribution in [-0.4, -0.2) is 33.1 Å². The molecule has 0 aromatic rings. The third-order valence-electron chi connectivity index (χ3n) is 6.23. The highest BCUT2D eigenvalue weighted by Crippen LogP contribution is 2.64. The topological polar surface area (TPSA) is 60.7 Å². The molecule has 3 saturated carbocycles. The lowest BCUT2D eigenvalue weighted by Crippen LogP contribution is -2.59. The molecule has 0 saturated heterocycles. The van der Waals surface area contributed by atoms with Crippen molar-refractivity contribution in [1.29, 1.82) is 0 Å². The van der Waals surface area contributed by atoms with E-state index in [1.54, 1.807) is 0 Å². The molecular formula is C15H26O3. The van der Waals surface area contributed by atoms with Gasteiger partial charge in [-0.2, -0.15) is 0 Å². The van der Waals surface area contributed by atoms with E-state index in [4.69, 9.17) is 0 Å². The molecule has 3 fully saturated rings. The zero-order chi connectivity index (χ0) is 13.3. The lowest BCUT2D eigenvalue weighted by molar-refractivity contribution is -0.188. The quantitative estimate of drug-likeness (QED) is 0.616. The number of aliphatic hydroxyl groups excluding tert-OH is 2. The van der Waals surface area contributed by atoms with E-state index in [0.717, 1.165) is 6.42 Å². The number of aliphatic hydroxyl groups is 3. The summed E-state index contributed by atoms with van der Waals surface area (Å²) in [6, 6.07) is 0. The molecule has 0 amide bonds. The number of rotatable bonds is 0. The molecule has 3 rings (SSSR count). The second kappa shape index (κ2) is 3.50. The Balaban J connectivity index is 1.99. The van der Waals surface area contributed by atoms with Gasteiger partial charge in [-0.05, 0) is 54.8 Å². The fourth-order valence-electron chi connectivity index (χ4n) is 5.30. The standard InChI is InChI=1S/C15H26O3/c1-13(2)6-9-12(13)10(16)7-14(3)8-15(9,18)5-4-11(14)17/h9-12,16-18H,4-8H2,1-3H3/t9-,10-,11-,12-,14-,15+/m0/s1. The molecule has 2 bridgehead atoms. The third-order valence-corrected chi connectivity index (χ3v) is 6.23. The highest BCUT2D eigenvalue weighted by atomic mass is 16.3. The van der Waals surface area contributed by atoms with Crippen LogP contribution in [0.3, 0.4) is 0 Å². The molecule has 3 aliphatic rings. The monoisotopic (exact) mass is 254 g/mol. The van der Waals surface area contributed by atoms with Crippen LogP contribution < -0.4 is 0 Å². The normalized spacial score (nSPS) is 58.3. The Labute approximate surface area is 109 Å². The molecule has 3 nitrogen and oxygen atoms in total. The van der Waals surface area contributed by atoms with Gasteiger partial charge in [0.05, 0.1) is 17.8 Å². The van der Waals surface area contributed by atoms with Gasteiger partial charge in [0.1, 0.15) is 0 Å². The second-order valence-corrected chi connectivity index (χ2v) is 8.09. The van der Waals surface area contributed by atoms with Crippen molar-refractivity contribution >= 4 is 0 Å². The van der Waals surface area contributed by atoms with E-state index >= 15 is 0 Å². The molecule has 0 heterocycles. The van der Waals surface area contributed by atoms with E-state index < -0.39 is 5.60 Å². The summed E-state index contributed by atoms with van der Waals surface area (Å²) in [5, 5.41) is 31.8. The fourth-order valence-corrected chi connectivity index (χ4v) is 5.30. The lowest BCUT2D eigenvalue weighted by Gasteiger charge is -2.58. The first-order valence-corrected chi connectivity index (χ1v) is 7.27. The van der Waals surface area contributed by atoms with E-state index in [-0.39, 0.29) is 34.9 Å². The largest absolute Gasteiger partial charge is 0.393 e. The van der Waals surface area contributed by atoms with E-state index in [2.05, 4.69) is 13.8 Å². The fraction of sp³-hybridized carbons (Fsp3) is 1.00. The van der Waals surface area contributed by atoms with Crippen LogP contribution in [0.5, 0.6) is 0 Å². The van der Waals surface area contributed by atoms with Crippen molar-refractivity contribution < 1.29 is 15.3 Å². The van der Waals surface area contributed by atoms with Crippen LogP contribution in [0.2, 0.25) is 0 Å². The Morgan fingerprint density at radius 1 is 1.06 bits per heavy atom. The van der Waals surface area contributed by atoms with E-state index in [1.807, 2.05) is 6.92 Å². The summed E-state index contributed by atoms with van der Waals surface area (Å²) < 4.78 is 0. The Hall–Kier alpha value is -0.120. The Bertz CT molecular complexity index is 367. The van der Waals surface area contributed by atoms with Crippen LogP contribution in [-0.2, 0) is 0 Å². The number of hydrogen-bond acceptors (Lipinski definition) is 3. The summed E-state index contributed by atoms with van der Waals surface area (Å²) in [7, 11) is 0. The molecule has 0 aromatic carbocycles. The van der Waals surface area contributed by atoms with Gasteiger partial charge in [0.25, 0.3) is 0 Å². The maximum absolute atomic E-state index is 11.0. The Kier molecular flexibility index (Phi) is 2.51. The molecule has 0 aliphatic heterocycles. The first-order valence-electron chi connectivity index (χ1n) is 7.27. The van der Waals surface area contributed by atoms with Gasteiger partial charge in [-0.3, -0.25) is 0 Å². The molecule has 6 atom stereocenters. The molecule has 0 unspecified atom stereocenters. The minimum atomic E-state index is -0.661. The van der Waals surface area contributed by atoms with Crippen molar-refractivity contribution in [1.82, 2.24) is 0 Å². The lowest BCUT2D eigenvalue weighted by atomic mass is 9.49. The number of hydrogen-bond donors (Lipinski definition) is 3. The average molecular weight is 254 g/mol. The Morgan fingerprint density at radius 3 is 2.33 bits per heavy atom. The molecule has 0 radical (unpaired) electrons. The van der Waals surface area contributed by atoms with E-state index in [1.165, 1.54) is 0 Å². The van der Waals surface area contributed by atoms with Crippen molar-refractivity contribution in [2.24, 2.45) is 22.7 Å². The summed E-state index contributed by atoms with van der Waals surface area (Å²) in [4.78, 5) is 0. The zero-order valence-corrected chi connectivity index (χ0v) is 11.7. The third kappa shape index (κ3) is 1.53.